The molecule has 0 unspecified atom stereocenters. The molecule has 0 aliphatic heterocycles. The molecule has 2 fully saturated rings. The maximum absolute atomic E-state index is 5.73. The Morgan fingerprint density at radius 2 is 2.24 bits per heavy atom. The van der Waals surface area contributed by atoms with Crippen LogP contribution in [-0.2, 0) is 16.9 Å². The summed E-state index contributed by atoms with van der Waals surface area (Å²) >= 11 is 1.86. The highest BCUT2D eigenvalue weighted by atomic mass is 32.1. The molecule has 1 N–H and O–H groups in total. The molecule has 0 amide bonds. The molecular formula is C13H20N2OS. The molecule has 17 heavy (non-hydrogen) atoms. The molecule has 0 spiro atoms. The second kappa shape index (κ2) is 4.34. The molecule has 2 aliphatic carbocycles. The summed E-state index contributed by atoms with van der Waals surface area (Å²) < 4.78 is 5.73. The Bertz CT molecular complexity index is 402. The zero-order valence-electron chi connectivity index (χ0n) is 10.6. The largest absolute Gasteiger partial charge is 0.371 e. The lowest BCUT2D eigenvalue weighted by atomic mass is 9.80. The lowest BCUT2D eigenvalue weighted by Gasteiger charge is -2.38. The van der Waals surface area contributed by atoms with E-state index in [4.69, 9.17) is 9.72 Å². The van der Waals surface area contributed by atoms with Crippen molar-refractivity contribution in [3.8, 4) is 0 Å². The quantitative estimate of drug-likeness (QED) is 0.875. The number of hydrogen-bond donors (Lipinski definition) is 1. The molecule has 0 saturated heterocycles. The van der Waals surface area contributed by atoms with Gasteiger partial charge in [-0.05, 0) is 39.2 Å². The minimum Gasteiger partial charge on any atom is -0.371 e. The van der Waals surface area contributed by atoms with Crippen LogP contribution in [0.25, 0.3) is 0 Å². The number of thiazole rings is 1. The molecule has 2 aliphatic rings. The van der Waals surface area contributed by atoms with E-state index >= 15 is 0 Å². The van der Waals surface area contributed by atoms with Crippen LogP contribution in [0, 0.1) is 0 Å². The Morgan fingerprint density at radius 1 is 1.47 bits per heavy atom. The summed E-state index contributed by atoms with van der Waals surface area (Å²) in [5.41, 5.74) is 1.31. The van der Waals surface area contributed by atoms with Crippen molar-refractivity contribution < 1.29 is 4.74 Å². The Balaban J connectivity index is 1.92. The summed E-state index contributed by atoms with van der Waals surface area (Å²) in [6.07, 6.45) is 6.19. The molecule has 4 heteroatoms. The van der Waals surface area contributed by atoms with Gasteiger partial charge in [-0.3, -0.25) is 0 Å². The summed E-state index contributed by atoms with van der Waals surface area (Å²) in [4.78, 5) is 6.33. The maximum Gasteiger partial charge on any atom is 0.125 e. The van der Waals surface area contributed by atoms with Gasteiger partial charge in [0.2, 0.25) is 0 Å². The van der Waals surface area contributed by atoms with E-state index in [9.17, 15) is 0 Å². The van der Waals surface area contributed by atoms with E-state index in [1.807, 2.05) is 25.5 Å². The predicted octanol–water partition coefficient (Wildman–Crippen LogP) is 2.77. The molecule has 3 rings (SSSR count). The molecule has 1 aromatic rings. The third kappa shape index (κ3) is 1.92. The Labute approximate surface area is 107 Å². The molecule has 1 heterocycles. The van der Waals surface area contributed by atoms with Gasteiger partial charge in [0.1, 0.15) is 10.6 Å². The number of methoxy groups -OCH3 is 1. The van der Waals surface area contributed by atoms with Crippen molar-refractivity contribution >= 4 is 11.3 Å². The van der Waals surface area contributed by atoms with Gasteiger partial charge >= 0.3 is 0 Å². The molecule has 94 valence electrons. The average Bonchev–Trinajstić information content (AvgIpc) is 3.02. The van der Waals surface area contributed by atoms with Crippen LogP contribution in [0.2, 0.25) is 0 Å². The zero-order valence-corrected chi connectivity index (χ0v) is 11.4. The lowest BCUT2D eigenvalue weighted by molar-refractivity contribution is -0.0780. The van der Waals surface area contributed by atoms with E-state index in [0.29, 0.717) is 0 Å². The highest BCUT2D eigenvalue weighted by Gasteiger charge is 2.43. The van der Waals surface area contributed by atoms with Crippen molar-refractivity contribution in [2.75, 3.05) is 14.2 Å². The number of nitrogens with zero attached hydrogens (tertiary/aromatic N) is 1. The minimum absolute atomic E-state index is 0.0414. The van der Waals surface area contributed by atoms with Gasteiger partial charge in [-0.15, -0.1) is 11.3 Å². The first-order valence-electron chi connectivity index (χ1n) is 6.49. The normalized spacial score (nSPS) is 22.5. The second-order valence-corrected chi connectivity index (χ2v) is 6.27. The maximum atomic E-state index is 5.73. The second-order valence-electron chi connectivity index (χ2n) is 5.18. The fourth-order valence-corrected chi connectivity index (χ4v) is 3.91. The summed E-state index contributed by atoms with van der Waals surface area (Å²) in [5.74, 6) is 0.734. The van der Waals surface area contributed by atoms with Gasteiger partial charge in [-0.25, -0.2) is 4.98 Å². The average molecular weight is 252 g/mol. The van der Waals surface area contributed by atoms with E-state index in [1.165, 1.54) is 34.8 Å². The van der Waals surface area contributed by atoms with Crippen LogP contribution in [0.1, 0.15) is 53.6 Å². The number of nitrogens with one attached hydrogen (secondary N) is 1. The van der Waals surface area contributed by atoms with Crippen LogP contribution in [0.4, 0.5) is 0 Å². The first-order valence-corrected chi connectivity index (χ1v) is 7.30. The Hall–Kier alpha value is -0.450. The summed E-state index contributed by atoms with van der Waals surface area (Å²) in [6, 6.07) is 0. The molecular weight excluding hydrogens is 232 g/mol. The molecule has 0 radical (unpaired) electrons. The number of rotatable bonds is 5. The van der Waals surface area contributed by atoms with Crippen molar-refractivity contribution in [1.29, 1.82) is 0 Å². The van der Waals surface area contributed by atoms with Gasteiger partial charge in [-0.2, -0.15) is 0 Å². The van der Waals surface area contributed by atoms with Gasteiger partial charge in [0.05, 0.1) is 5.69 Å². The number of hydrogen-bond acceptors (Lipinski definition) is 4. The van der Waals surface area contributed by atoms with Crippen LogP contribution < -0.4 is 5.32 Å². The van der Waals surface area contributed by atoms with Crippen molar-refractivity contribution in [2.45, 2.75) is 50.2 Å². The summed E-state index contributed by atoms with van der Waals surface area (Å²) in [6.45, 7) is 0.948. The molecule has 1 aromatic heterocycles. The van der Waals surface area contributed by atoms with E-state index in [2.05, 4.69) is 5.32 Å². The Morgan fingerprint density at radius 3 is 2.71 bits per heavy atom. The van der Waals surface area contributed by atoms with Crippen LogP contribution in [0.5, 0.6) is 0 Å². The SMILES string of the molecule is CNCc1sc(C2(OC)CCC2)nc1C1CC1. The van der Waals surface area contributed by atoms with Gasteiger partial charge in [0, 0.05) is 24.4 Å². The van der Waals surface area contributed by atoms with E-state index in [1.54, 1.807) is 0 Å². The van der Waals surface area contributed by atoms with E-state index in [0.717, 1.165) is 25.3 Å². The van der Waals surface area contributed by atoms with Crippen molar-refractivity contribution in [3.05, 3.63) is 15.6 Å². The number of ether oxygens (including phenoxy) is 1. The van der Waals surface area contributed by atoms with Crippen LogP contribution in [-0.4, -0.2) is 19.1 Å². The zero-order chi connectivity index (χ0) is 11.9. The summed E-state index contributed by atoms with van der Waals surface area (Å²) in [5, 5.41) is 4.48. The van der Waals surface area contributed by atoms with Crippen LogP contribution >= 0.6 is 11.3 Å². The van der Waals surface area contributed by atoms with E-state index in [-0.39, 0.29) is 5.60 Å². The van der Waals surface area contributed by atoms with E-state index < -0.39 is 0 Å². The monoisotopic (exact) mass is 252 g/mol. The Kier molecular flexibility index (Phi) is 2.97. The van der Waals surface area contributed by atoms with Crippen molar-refractivity contribution in [2.24, 2.45) is 0 Å². The van der Waals surface area contributed by atoms with Gasteiger partial charge < -0.3 is 10.1 Å². The molecule has 0 atom stereocenters. The molecule has 0 aromatic carbocycles. The fourth-order valence-electron chi connectivity index (χ4n) is 2.52. The van der Waals surface area contributed by atoms with Gasteiger partial charge in [0.25, 0.3) is 0 Å². The first kappa shape index (κ1) is 11.6. The van der Waals surface area contributed by atoms with Crippen LogP contribution in [0.15, 0.2) is 0 Å². The van der Waals surface area contributed by atoms with Crippen LogP contribution in [0.3, 0.4) is 0 Å². The molecule has 0 bridgehead atoms. The van der Waals surface area contributed by atoms with Gasteiger partial charge in [-0.1, -0.05) is 0 Å². The summed E-state index contributed by atoms with van der Waals surface area (Å²) in [7, 11) is 3.83. The molecule has 2 saturated carbocycles. The van der Waals surface area contributed by atoms with Crippen molar-refractivity contribution in [1.82, 2.24) is 10.3 Å². The highest BCUT2D eigenvalue weighted by Crippen LogP contribution is 2.49. The number of aromatic nitrogens is 1. The fraction of sp³-hybridized carbons (Fsp3) is 0.769. The smallest absolute Gasteiger partial charge is 0.125 e. The topological polar surface area (TPSA) is 34.1 Å². The highest BCUT2D eigenvalue weighted by molar-refractivity contribution is 7.11. The predicted molar refractivity (Wildman–Crippen MR) is 69.4 cm³/mol. The standard InChI is InChI=1S/C13H20N2OS/c1-14-8-10-11(9-4-5-9)15-12(17-10)13(16-2)6-3-7-13/h9,14H,3-8H2,1-2H3. The lowest BCUT2D eigenvalue weighted by Crippen LogP contribution is -2.35. The minimum atomic E-state index is -0.0414. The first-order chi connectivity index (χ1) is 8.29. The third-order valence-corrected chi connectivity index (χ3v) is 5.23. The molecule has 3 nitrogen and oxygen atoms in total. The third-order valence-electron chi connectivity index (χ3n) is 3.97. The van der Waals surface area contributed by atoms with Gasteiger partial charge in [0.15, 0.2) is 0 Å². The van der Waals surface area contributed by atoms with Crippen molar-refractivity contribution in [3.63, 3.8) is 0 Å².